The number of benzene rings is 2. The second-order valence-electron chi connectivity index (χ2n) is 6.25. The molecule has 146 valence electrons. The van der Waals surface area contributed by atoms with Crippen LogP contribution in [0, 0.1) is 4.77 Å². The van der Waals surface area contributed by atoms with E-state index in [9.17, 15) is 4.79 Å². The maximum absolute atomic E-state index is 12.5. The van der Waals surface area contributed by atoms with Crippen molar-refractivity contribution in [3.8, 4) is 17.1 Å². The summed E-state index contributed by atoms with van der Waals surface area (Å²) < 4.78 is 11.0. The second kappa shape index (κ2) is 8.15. The zero-order valence-electron chi connectivity index (χ0n) is 15.7. The highest BCUT2D eigenvalue weighted by molar-refractivity contribution is 7.71. The first-order valence-electron chi connectivity index (χ1n) is 8.99. The van der Waals surface area contributed by atoms with Gasteiger partial charge in [-0.05, 0) is 48.6 Å². The van der Waals surface area contributed by atoms with E-state index in [-0.39, 0.29) is 12.5 Å². The summed E-state index contributed by atoms with van der Waals surface area (Å²) in [6.07, 6.45) is 3.73. The van der Waals surface area contributed by atoms with Crippen LogP contribution < -0.4 is 10.1 Å². The summed E-state index contributed by atoms with van der Waals surface area (Å²) in [7, 11) is 1.61. The number of carbonyl (C=O) groups excluding carboxylic acids is 1. The van der Waals surface area contributed by atoms with Crippen LogP contribution in [-0.4, -0.2) is 32.1 Å². The molecule has 7 nitrogen and oxygen atoms in total. The third-order valence-corrected chi connectivity index (χ3v) is 4.72. The molecule has 1 N–H and O–H groups in total. The molecule has 0 aliphatic carbocycles. The first kappa shape index (κ1) is 18.7. The molecule has 29 heavy (non-hydrogen) atoms. The van der Waals surface area contributed by atoms with Gasteiger partial charge in [0.25, 0.3) is 0 Å². The van der Waals surface area contributed by atoms with E-state index in [0.717, 1.165) is 11.3 Å². The van der Waals surface area contributed by atoms with Crippen LogP contribution in [0.15, 0.2) is 79.1 Å². The van der Waals surface area contributed by atoms with Crippen molar-refractivity contribution >= 4 is 23.8 Å². The van der Waals surface area contributed by atoms with Crippen LogP contribution >= 0.6 is 12.2 Å². The minimum atomic E-state index is -0.212. The van der Waals surface area contributed by atoms with Crippen molar-refractivity contribution < 1.29 is 9.53 Å². The molecule has 0 unspecified atom stereocenters. The van der Waals surface area contributed by atoms with Gasteiger partial charge in [0.15, 0.2) is 5.82 Å². The molecule has 4 aromatic rings. The van der Waals surface area contributed by atoms with Crippen LogP contribution in [0.5, 0.6) is 5.75 Å². The Kier molecular flexibility index (Phi) is 5.26. The summed E-state index contributed by atoms with van der Waals surface area (Å²) in [5.74, 6) is 1.04. The number of hydrogen-bond acceptors (Lipinski definition) is 4. The Morgan fingerprint density at radius 3 is 2.45 bits per heavy atom. The number of ether oxygens (including phenoxy) is 1. The predicted molar refractivity (Wildman–Crippen MR) is 113 cm³/mol. The van der Waals surface area contributed by atoms with Crippen LogP contribution in [0.25, 0.3) is 11.4 Å². The van der Waals surface area contributed by atoms with Crippen LogP contribution in [0.1, 0.15) is 0 Å². The van der Waals surface area contributed by atoms with Crippen LogP contribution in [0.2, 0.25) is 0 Å². The van der Waals surface area contributed by atoms with Gasteiger partial charge in [-0.1, -0.05) is 30.3 Å². The standard InChI is InChI=1S/C21H19N5O2S/c1-28-18-12-6-5-11-17(18)20-23-25(21(29)26(20)24-13-7-8-14-24)15-19(27)22-16-9-3-2-4-10-16/h2-14H,15H2,1H3,(H,22,27). The van der Waals surface area contributed by atoms with E-state index < -0.39 is 0 Å². The summed E-state index contributed by atoms with van der Waals surface area (Å²) in [6, 6.07) is 20.6. The molecule has 0 saturated heterocycles. The van der Waals surface area contributed by atoms with Crippen molar-refractivity contribution in [3.63, 3.8) is 0 Å². The molecule has 1 amide bonds. The molecule has 4 rings (SSSR count). The summed E-state index contributed by atoms with van der Waals surface area (Å²) >= 11 is 5.65. The van der Waals surface area contributed by atoms with Crippen molar-refractivity contribution in [2.24, 2.45) is 0 Å². The monoisotopic (exact) mass is 405 g/mol. The summed E-state index contributed by atoms with van der Waals surface area (Å²) in [5.41, 5.74) is 1.50. The number of aromatic nitrogens is 4. The van der Waals surface area contributed by atoms with Crippen LogP contribution in [0.3, 0.4) is 0 Å². The topological polar surface area (TPSA) is 66.0 Å². The zero-order valence-corrected chi connectivity index (χ0v) is 16.5. The normalized spacial score (nSPS) is 10.7. The average Bonchev–Trinajstić information content (AvgIpc) is 3.37. The molecular weight excluding hydrogens is 386 g/mol. The molecule has 0 saturated carbocycles. The third kappa shape index (κ3) is 3.83. The molecule has 0 bridgehead atoms. The Hall–Kier alpha value is -3.65. The summed E-state index contributed by atoms with van der Waals surface area (Å²) in [5, 5.41) is 7.50. The molecular formula is C21H19N5O2S. The van der Waals surface area contributed by atoms with Gasteiger partial charge >= 0.3 is 0 Å². The molecule has 2 aromatic carbocycles. The van der Waals surface area contributed by atoms with E-state index in [0.29, 0.717) is 16.3 Å². The van der Waals surface area contributed by atoms with Crippen molar-refractivity contribution in [1.29, 1.82) is 0 Å². The average molecular weight is 405 g/mol. The van der Waals surface area contributed by atoms with Gasteiger partial charge in [0.2, 0.25) is 10.7 Å². The number of nitrogens with zero attached hydrogens (tertiary/aromatic N) is 4. The van der Waals surface area contributed by atoms with Gasteiger partial charge in [0.1, 0.15) is 12.3 Å². The van der Waals surface area contributed by atoms with Crippen LogP contribution in [0.4, 0.5) is 5.69 Å². The lowest BCUT2D eigenvalue weighted by Crippen LogP contribution is -2.20. The lowest BCUT2D eigenvalue weighted by atomic mass is 10.2. The summed E-state index contributed by atoms with van der Waals surface area (Å²) in [4.78, 5) is 12.5. The number of para-hydroxylation sites is 2. The number of hydrogen-bond donors (Lipinski definition) is 1. The van der Waals surface area contributed by atoms with Gasteiger partial charge in [-0.15, -0.1) is 5.10 Å². The number of amides is 1. The summed E-state index contributed by atoms with van der Waals surface area (Å²) in [6.45, 7) is -0.00978. The molecule has 2 heterocycles. The molecule has 0 aliphatic rings. The van der Waals surface area contributed by atoms with Crippen molar-refractivity contribution in [2.45, 2.75) is 6.54 Å². The first-order valence-corrected chi connectivity index (χ1v) is 9.40. The number of rotatable bonds is 6. The molecule has 8 heteroatoms. The van der Waals surface area contributed by atoms with Gasteiger partial charge in [-0.3, -0.25) is 9.47 Å². The highest BCUT2D eigenvalue weighted by atomic mass is 32.1. The minimum absolute atomic E-state index is 0.00978. The smallest absolute Gasteiger partial charge is 0.246 e. The van der Waals surface area contributed by atoms with Crippen molar-refractivity contribution in [2.75, 3.05) is 12.4 Å². The van der Waals surface area contributed by atoms with Gasteiger partial charge < -0.3 is 10.1 Å². The largest absolute Gasteiger partial charge is 0.496 e. The quantitative estimate of drug-likeness (QED) is 0.495. The molecule has 0 spiro atoms. The second-order valence-corrected chi connectivity index (χ2v) is 6.62. The SMILES string of the molecule is COc1ccccc1-c1nn(CC(=O)Nc2ccccc2)c(=S)n1-n1cccc1. The van der Waals surface area contributed by atoms with Gasteiger partial charge in [-0.25, -0.2) is 9.36 Å². The Morgan fingerprint density at radius 2 is 1.72 bits per heavy atom. The van der Waals surface area contributed by atoms with Gasteiger partial charge in [0.05, 0.1) is 12.7 Å². The van der Waals surface area contributed by atoms with Crippen molar-refractivity contribution in [3.05, 3.63) is 83.9 Å². The maximum atomic E-state index is 12.5. The van der Waals surface area contributed by atoms with Crippen molar-refractivity contribution in [1.82, 2.24) is 19.1 Å². The fourth-order valence-electron chi connectivity index (χ4n) is 3.02. The highest BCUT2D eigenvalue weighted by Crippen LogP contribution is 2.28. The fourth-order valence-corrected chi connectivity index (χ4v) is 3.31. The van der Waals surface area contributed by atoms with E-state index in [4.69, 9.17) is 17.0 Å². The number of carbonyl (C=O) groups is 1. The maximum Gasteiger partial charge on any atom is 0.246 e. The number of methoxy groups -OCH3 is 1. The minimum Gasteiger partial charge on any atom is -0.496 e. The number of nitrogens with one attached hydrogen (secondary N) is 1. The number of anilines is 1. The Bertz CT molecular complexity index is 1180. The Morgan fingerprint density at radius 1 is 1.03 bits per heavy atom. The van der Waals surface area contributed by atoms with E-state index in [1.807, 2.05) is 83.8 Å². The van der Waals surface area contributed by atoms with E-state index >= 15 is 0 Å². The van der Waals surface area contributed by atoms with Gasteiger partial charge in [0, 0.05) is 18.1 Å². The predicted octanol–water partition coefficient (Wildman–Crippen LogP) is 3.84. The van der Waals surface area contributed by atoms with Crippen LogP contribution in [-0.2, 0) is 11.3 Å². The molecule has 2 aromatic heterocycles. The highest BCUT2D eigenvalue weighted by Gasteiger charge is 2.18. The Balaban J connectivity index is 1.74. The fraction of sp³-hybridized carbons (Fsp3) is 0.0952. The third-order valence-electron chi connectivity index (χ3n) is 4.34. The molecule has 0 aliphatic heterocycles. The van der Waals surface area contributed by atoms with Gasteiger partial charge in [-0.2, -0.15) is 0 Å². The van der Waals surface area contributed by atoms with E-state index in [1.54, 1.807) is 11.8 Å². The molecule has 0 radical (unpaired) electrons. The lowest BCUT2D eigenvalue weighted by Gasteiger charge is -2.10. The molecule has 0 fully saturated rings. The lowest BCUT2D eigenvalue weighted by molar-refractivity contribution is -0.116. The Labute approximate surface area is 172 Å². The zero-order chi connectivity index (χ0) is 20.2. The first-order chi connectivity index (χ1) is 14.2. The van der Waals surface area contributed by atoms with E-state index in [1.165, 1.54) is 4.68 Å². The molecule has 0 atom stereocenters. The van der Waals surface area contributed by atoms with E-state index in [2.05, 4.69) is 10.4 Å².